The van der Waals surface area contributed by atoms with Crippen LogP contribution in [0.4, 0.5) is 0 Å². The van der Waals surface area contributed by atoms with Crippen LogP contribution in [0.5, 0.6) is 0 Å². The predicted molar refractivity (Wildman–Crippen MR) is 77.3 cm³/mol. The highest BCUT2D eigenvalue weighted by Crippen LogP contribution is 2.15. The summed E-state index contributed by atoms with van der Waals surface area (Å²) in [5, 5.41) is -0.491. The van der Waals surface area contributed by atoms with Crippen LogP contribution in [0.1, 0.15) is 18.9 Å². The first-order chi connectivity index (χ1) is 8.45. The lowest BCUT2D eigenvalue weighted by molar-refractivity contribution is 0.586. The van der Waals surface area contributed by atoms with E-state index in [1.807, 2.05) is 30.3 Å². The van der Waals surface area contributed by atoms with Crippen LogP contribution in [0, 0.1) is 0 Å². The van der Waals surface area contributed by atoms with Gasteiger partial charge in [-0.15, -0.1) is 6.58 Å². The summed E-state index contributed by atoms with van der Waals surface area (Å²) >= 11 is 0. The summed E-state index contributed by atoms with van der Waals surface area (Å²) in [6.07, 6.45) is 2.84. The zero-order valence-corrected chi connectivity index (χ0v) is 11.6. The van der Waals surface area contributed by atoms with Crippen molar-refractivity contribution in [3.63, 3.8) is 0 Å². The van der Waals surface area contributed by atoms with E-state index in [1.165, 1.54) is 6.08 Å². The molecule has 1 unspecified atom stereocenters. The van der Waals surface area contributed by atoms with Gasteiger partial charge in [-0.1, -0.05) is 48.6 Å². The SMILES string of the molecule is C=CC(CCc1ccccc1)S(=O)(=O)CC(=C)C. The topological polar surface area (TPSA) is 34.1 Å². The highest BCUT2D eigenvalue weighted by molar-refractivity contribution is 7.92. The fraction of sp³-hybridized carbons (Fsp3) is 0.333. The number of sulfone groups is 1. The van der Waals surface area contributed by atoms with Gasteiger partial charge in [-0.25, -0.2) is 8.42 Å². The van der Waals surface area contributed by atoms with Crippen LogP contribution in [0.2, 0.25) is 0 Å². The third-order valence-electron chi connectivity index (χ3n) is 2.73. The molecule has 0 spiro atoms. The van der Waals surface area contributed by atoms with Gasteiger partial charge in [0.2, 0.25) is 0 Å². The first-order valence-corrected chi connectivity index (χ1v) is 7.69. The first-order valence-electron chi connectivity index (χ1n) is 5.98. The van der Waals surface area contributed by atoms with Gasteiger partial charge in [-0.05, 0) is 25.3 Å². The maximum atomic E-state index is 12.1. The molecule has 0 N–H and O–H groups in total. The largest absolute Gasteiger partial charge is 0.228 e. The second-order valence-electron chi connectivity index (χ2n) is 4.56. The Bertz CT molecular complexity index is 501. The highest BCUT2D eigenvalue weighted by atomic mass is 32.2. The van der Waals surface area contributed by atoms with Crippen molar-refractivity contribution < 1.29 is 8.42 Å². The van der Waals surface area contributed by atoms with E-state index >= 15 is 0 Å². The third kappa shape index (κ3) is 4.49. The summed E-state index contributed by atoms with van der Waals surface area (Å²) in [5.41, 5.74) is 1.82. The van der Waals surface area contributed by atoms with E-state index in [1.54, 1.807) is 6.92 Å². The van der Waals surface area contributed by atoms with Crippen molar-refractivity contribution in [3.05, 3.63) is 60.7 Å². The lowest BCUT2D eigenvalue weighted by atomic mass is 10.1. The van der Waals surface area contributed by atoms with Crippen molar-refractivity contribution >= 4 is 9.84 Å². The fourth-order valence-corrected chi connectivity index (χ4v) is 3.52. The van der Waals surface area contributed by atoms with Gasteiger partial charge in [0.1, 0.15) is 0 Å². The number of hydrogen-bond donors (Lipinski definition) is 0. The summed E-state index contributed by atoms with van der Waals surface area (Å²) in [6.45, 7) is 9.03. The number of rotatable bonds is 7. The number of aryl methyl sites for hydroxylation is 1. The smallest absolute Gasteiger partial charge is 0.160 e. The lowest BCUT2D eigenvalue weighted by Gasteiger charge is -2.13. The fourth-order valence-electron chi connectivity index (χ4n) is 1.85. The van der Waals surface area contributed by atoms with Crippen LogP contribution in [-0.4, -0.2) is 19.4 Å². The van der Waals surface area contributed by atoms with Crippen LogP contribution < -0.4 is 0 Å². The van der Waals surface area contributed by atoms with Gasteiger partial charge in [-0.3, -0.25) is 0 Å². The molecule has 0 amide bonds. The van der Waals surface area contributed by atoms with E-state index in [2.05, 4.69) is 13.2 Å². The molecule has 98 valence electrons. The molecule has 0 radical (unpaired) electrons. The summed E-state index contributed by atoms with van der Waals surface area (Å²) in [6, 6.07) is 9.88. The molecule has 0 heterocycles. The van der Waals surface area contributed by atoms with E-state index in [0.717, 1.165) is 12.0 Å². The second kappa shape index (κ2) is 6.55. The Kier molecular flexibility index (Phi) is 5.35. The monoisotopic (exact) mass is 264 g/mol. The van der Waals surface area contributed by atoms with Crippen LogP contribution in [0.3, 0.4) is 0 Å². The van der Waals surface area contributed by atoms with Gasteiger partial charge in [0, 0.05) is 0 Å². The second-order valence-corrected chi connectivity index (χ2v) is 6.78. The first kappa shape index (κ1) is 14.7. The Morgan fingerprint density at radius 2 is 1.94 bits per heavy atom. The molecule has 0 aliphatic carbocycles. The van der Waals surface area contributed by atoms with E-state index in [-0.39, 0.29) is 5.75 Å². The molecule has 2 nitrogen and oxygen atoms in total. The molecule has 1 rings (SSSR count). The molecule has 0 aromatic heterocycles. The normalized spacial score (nSPS) is 12.9. The molecule has 0 fully saturated rings. The molecule has 1 atom stereocenters. The van der Waals surface area contributed by atoms with E-state index in [9.17, 15) is 8.42 Å². The Hall–Kier alpha value is -1.35. The van der Waals surface area contributed by atoms with Crippen LogP contribution in [-0.2, 0) is 16.3 Å². The van der Waals surface area contributed by atoms with Crippen molar-refractivity contribution in [2.45, 2.75) is 25.0 Å². The van der Waals surface area contributed by atoms with Gasteiger partial charge >= 0.3 is 0 Å². The number of hydrogen-bond acceptors (Lipinski definition) is 2. The van der Waals surface area contributed by atoms with Crippen LogP contribution in [0.25, 0.3) is 0 Å². The summed E-state index contributed by atoms with van der Waals surface area (Å²) in [4.78, 5) is 0. The molecule has 3 heteroatoms. The van der Waals surface area contributed by atoms with Crippen molar-refractivity contribution in [3.8, 4) is 0 Å². The Balaban J connectivity index is 2.68. The standard InChI is InChI=1S/C15H20O2S/c1-4-15(18(16,17)12-13(2)3)11-10-14-8-6-5-7-9-14/h4-9,15H,1-2,10-12H2,3H3. The zero-order chi connectivity index (χ0) is 13.6. The summed E-state index contributed by atoms with van der Waals surface area (Å²) in [5.74, 6) is 0.0402. The predicted octanol–water partition coefficient (Wildman–Crippen LogP) is 3.16. The molecular weight excluding hydrogens is 244 g/mol. The van der Waals surface area contributed by atoms with Gasteiger partial charge < -0.3 is 0 Å². The van der Waals surface area contributed by atoms with Crippen molar-refractivity contribution in [1.82, 2.24) is 0 Å². The average Bonchev–Trinajstić information content (AvgIpc) is 2.29. The molecule has 0 aliphatic heterocycles. The van der Waals surface area contributed by atoms with E-state index in [4.69, 9.17) is 0 Å². The van der Waals surface area contributed by atoms with Gasteiger partial charge in [0.05, 0.1) is 11.0 Å². The molecule has 18 heavy (non-hydrogen) atoms. The molecule has 1 aromatic carbocycles. The average molecular weight is 264 g/mol. The van der Waals surface area contributed by atoms with Crippen molar-refractivity contribution in [2.75, 3.05) is 5.75 Å². The summed E-state index contributed by atoms with van der Waals surface area (Å²) < 4.78 is 24.1. The molecule has 0 saturated carbocycles. The molecule has 1 aromatic rings. The minimum absolute atomic E-state index is 0.0402. The lowest BCUT2D eigenvalue weighted by Crippen LogP contribution is -2.23. The van der Waals surface area contributed by atoms with Crippen LogP contribution in [0.15, 0.2) is 55.1 Å². The van der Waals surface area contributed by atoms with Crippen LogP contribution >= 0.6 is 0 Å². The van der Waals surface area contributed by atoms with Gasteiger partial charge in [0.15, 0.2) is 9.84 Å². The Labute approximate surface area is 110 Å². The maximum Gasteiger partial charge on any atom is 0.160 e. The van der Waals surface area contributed by atoms with Gasteiger partial charge in [0.25, 0.3) is 0 Å². The molecular formula is C15H20O2S. The summed E-state index contributed by atoms with van der Waals surface area (Å²) in [7, 11) is -3.16. The van der Waals surface area contributed by atoms with Crippen molar-refractivity contribution in [2.24, 2.45) is 0 Å². The maximum absolute atomic E-state index is 12.1. The third-order valence-corrected chi connectivity index (χ3v) is 4.98. The van der Waals surface area contributed by atoms with Crippen molar-refractivity contribution in [1.29, 1.82) is 0 Å². The minimum Gasteiger partial charge on any atom is -0.228 e. The van der Waals surface area contributed by atoms with E-state index in [0.29, 0.717) is 12.0 Å². The zero-order valence-electron chi connectivity index (χ0n) is 10.8. The number of benzene rings is 1. The molecule has 0 saturated heterocycles. The Morgan fingerprint density at radius 1 is 1.33 bits per heavy atom. The molecule has 0 aliphatic rings. The van der Waals surface area contributed by atoms with E-state index < -0.39 is 15.1 Å². The van der Waals surface area contributed by atoms with Gasteiger partial charge in [-0.2, -0.15) is 0 Å². The Morgan fingerprint density at radius 3 is 2.44 bits per heavy atom. The molecule has 0 bridgehead atoms. The highest BCUT2D eigenvalue weighted by Gasteiger charge is 2.22. The minimum atomic E-state index is -3.16. The quantitative estimate of drug-likeness (QED) is 0.709.